The van der Waals surface area contributed by atoms with Crippen LogP contribution in [0.25, 0.3) is 34.0 Å². The van der Waals surface area contributed by atoms with E-state index in [2.05, 4.69) is 38.9 Å². The third-order valence-electron chi connectivity index (χ3n) is 7.14. The number of aliphatic hydroxyl groups is 1. The Morgan fingerprint density at radius 1 is 1.04 bits per heavy atom. The maximum atomic E-state index is 13.6. The van der Waals surface area contributed by atoms with Crippen molar-refractivity contribution in [3.63, 3.8) is 0 Å². The van der Waals surface area contributed by atoms with Crippen molar-refractivity contribution < 1.29 is 24.8 Å². The number of pyridine rings is 1. The third-order valence-corrected chi connectivity index (χ3v) is 8.03. The van der Waals surface area contributed by atoms with Gasteiger partial charge < -0.3 is 26.4 Å². The summed E-state index contributed by atoms with van der Waals surface area (Å²) in [5.41, 5.74) is 2.95. The molecule has 3 amide bonds. The zero-order chi connectivity index (χ0) is 33.1. The molecule has 10 nitrogen and oxygen atoms in total. The molecule has 0 saturated carbocycles. The van der Waals surface area contributed by atoms with Crippen LogP contribution in [-0.4, -0.2) is 58.5 Å². The van der Waals surface area contributed by atoms with E-state index in [0.717, 1.165) is 40.0 Å². The van der Waals surface area contributed by atoms with Gasteiger partial charge >= 0.3 is 0 Å². The Bertz CT molecular complexity index is 1780. The van der Waals surface area contributed by atoms with E-state index >= 15 is 0 Å². The maximum absolute atomic E-state index is 13.6. The van der Waals surface area contributed by atoms with Crippen molar-refractivity contribution in [2.24, 2.45) is 0 Å². The van der Waals surface area contributed by atoms with E-state index < -0.39 is 5.60 Å². The van der Waals surface area contributed by atoms with Crippen molar-refractivity contribution in [2.75, 3.05) is 25.5 Å². The molecule has 4 aromatic rings. The molecule has 2 aromatic carbocycles. The van der Waals surface area contributed by atoms with Gasteiger partial charge in [0.25, 0.3) is 11.8 Å². The van der Waals surface area contributed by atoms with Crippen LogP contribution < -0.4 is 31.7 Å². The van der Waals surface area contributed by atoms with Gasteiger partial charge in [-0.15, -0.1) is 11.3 Å². The van der Waals surface area contributed by atoms with E-state index in [1.807, 2.05) is 47.9 Å². The van der Waals surface area contributed by atoms with Crippen molar-refractivity contribution in [1.82, 2.24) is 20.6 Å². The number of likely N-dealkylation sites (N-methyl/N-ethyl adjacent to an activating group) is 1. The first-order valence-electron chi connectivity index (χ1n) is 15.2. The lowest BCUT2D eigenvalue weighted by Crippen LogP contribution is -2.79. The minimum Gasteiger partial charge on any atom is -0.390 e. The smallest absolute Gasteiger partial charge is 0.275 e. The van der Waals surface area contributed by atoms with E-state index in [-0.39, 0.29) is 24.3 Å². The third kappa shape index (κ3) is 9.64. The number of hydrogen-bond donors (Lipinski definition) is 5. The maximum Gasteiger partial charge on any atom is 0.275 e. The summed E-state index contributed by atoms with van der Waals surface area (Å²) in [6.07, 6.45) is 10.1. The Morgan fingerprint density at radius 3 is 2.50 bits per heavy atom. The van der Waals surface area contributed by atoms with Gasteiger partial charge in [-0.1, -0.05) is 31.6 Å². The molecule has 0 saturated heterocycles. The summed E-state index contributed by atoms with van der Waals surface area (Å²) in [7, 11) is 1.51. The van der Waals surface area contributed by atoms with Crippen LogP contribution in [0.1, 0.15) is 60.9 Å². The number of carbonyl (C=O) groups excluding carboxylic acids is 3. The summed E-state index contributed by atoms with van der Waals surface area (Å²) >= 11 is 1.37. The molecule has 2 aromatic heterocycles. The van der Waals surface area contributed by atoms with Crippen LogP contribution in [0.15, 0.2) is 66.3 Å². The fourth-order valence-corrected chi connectivity index (χ4v) is 5.37. The normalized spacial score (nSPS) is 12.2. The van der Waals surface area contributed by atoms with Crippen LogP contribution in [0.2, 0.25) is 0 Å². The molecule has 2 heterocycles. The first kappa shape index (κ1) is 34.2. The number of thiazole rings is 1. The highest BCUT2D eigenvalue weighted by Crippen LogP contribution is 2.28. The minimum absolute atomic E-state index is 0.117. The lowest BCUT2D eigenvalue weighted by molar-refractivity contribution is -0.555. The summed E-state index contributed by atoms with van der Waals surface area (Å²) in [4.78, 5) is 46.4. The van der Waals surface area contributed by atoms with E-state index in [0.29, 0.717) is 34.9 Å². The van der Waals surface area contributed by atoms with Gasteiger partial charge in [0.2, 0.25) is 5.91 Å². The summed E-state index contributed by atoms with van der Waals surface area (Å²) in [5, 5.41) is 24.7. The predicted octanol–water partition coefficient (Wildman–Crippen LogP) is 2.64. The highest BCUT2D eigenvalue weighted by molar-refractivity contribution is 7.13. The standard InChI is InChI=1S/C35H40N6O4S/c1-5-6-8-25-17-28(23-10-12-24(13-11-23)32(43)39-21-31(42)36-4)29(18-27(25)20-38-16-14-35(2,3)45)40-33(44)30-22-46-34(41-30)26-9-7-15-37-19-26/h7-13,15,17-20,22,38,45H,5-6,14,16,21H2,1-4H3,(H,36,42)(H,39,43)(H,40,44)/p+1/b25-8+,27-20-. The molecule has 11 heteroatoms. The number of hydrogen-bond acceptors (Lipinski definition) is 7. The van der Waals surface area contributed by atoms with Crippen molar-refractivity contribution in [2.45, 2.75) is 45.6 Å². The molecule has 240 valence electrons. The van der Waals surface area contributed by atoms with Crippen LogP contribution in [0.3, 0.4) is 0 Å². The van der Waals surface area contributed by atoms with Gasteiger partial charge in [-0.3, -0.25) is 19.4 Å². The van der Waals surface area contributed by atoms with Crippen molar-refractivity contribution in [3.8, 4) is 21.7 Å². The lowest BCUT2D eigenvalue weighted by Gasteiger charge is -2.14. The van der Waals surface area contributed by atoms with Crippen molar-refractivity contribution in [3.05, 3.63) is 88.0 Å². The molecule has 46 heavy (non-hydrogen) atoms. The van der Waals surface area contributed by atoms with Crippen LogP contribution in [0, 0.1) is 0 Å². The Morgan fingerprint density at radius 2 is 1.83 bits per heavy atom. The number of carbonyl (C=O) groups is 3. The van der Waals surface area contributed by atoms with Crippen molar-refractivity contribution in [1.29, 1.82) is 0 Å². The summed E-state index contributed by atoms with van der Waals surface area (Å²) < 4.78 is 0. The average Bonchev–Trinajstić information content (AvgIpc) is 3.56. The number of anilines is 1. The van der Waals surface area contributed by atoms with Gasteiger partial charge in [-0.05, 0) is 67.4 Å². The van der Waals surface area contributed by atoms with E-state index in [1.54, 1.807) is 43.8 Å². The SMILES string of the molecule is CCC/C=c1\cc(-c2ccc(C(=O)NCC(=O)NC)cc2)c(NC(=O)c2csc(-c3cccnc3)n2)c\c1=C\[NH2+]CCC(C)(C)O. The zero-order valence-corrected chi connectivity index (χ0v) is 27.4. The molecule has 0 aliphatic heterocycles. The number of rotatable bonds is 13. The predicted molar refractivity (Wildman–Crippen MR) is 182 cm³/mol. The van der Waals surface area contributed by atoms with Gasteiger partial charge in [0.1, 0.15) is 16.9 Å². The second-order valence-corrected chi connectivity index (χ2v) is 12.3. The molecular formula is C35H41N6O4S+. The topological polar surface area (TPSA) is 150 Å². The quantitative estimate of drug-likeness (QED) is 0.142. The molecule has 6 N–H and O–H groups in total. The van der Waals surface area contributed by atoms with Crippen LogP contribution in [-0.2, 0) is 4.79 Å². The Balaban J connectivity index is 1.72. The Hall–Kier alpha value is -4.71. The van der Waals surface area contributed by atoms with Gasteiger partial charge in [-0.2, -0.15) is 0 Å². The molecule has 0 spiro atoms. The first-order valence-corrected chi connectivity index (χ1v) is 16.1. The molecule has 0 bridgehead atoms. The van der Waals surface area contributed by atoms with E-state index in [1.165, 1.54) is 18.4 Å². The highest BCUT2D eigenvalue weighted by Gasteiger charge is 2.17. The summed E-state index contributed by atoms with van der Waals surface area (Å²) in [6.45, 7) is 6.28. The fourth-order valence-electron chi connectivity index (χ4n) is 4.58. The molecule has 4 rings (SSSR count). The molecule has 0 radical (unpaired) electrons. The molecule has 0 fully saturated rings. The second kappa shape index (κ2) is 16.0. The number of quaternary nitrogens is 1. The van der Waals surface area contributed by atoms with Crippen LogP contribution in [0.4, 0.5) is 5.69 Å². The number of amides is 3. The molecule has 0 aliphatic rings. The molecule has 0 unspecified atom stereocenters. The molecular weight excluding hydrogens is 600 g/mol. The fraction of sp³-hybridized carbons (Fsp3) is 0.286. The van der Waals surface area contributed by atoms with E-state index in [4.69, 9.17) is 0 Å². The number of nitrogens with two attached hydrogens (primary N) is 1. The summed E-state index contributed by atoms with van der Waals surface area (Å²) in [6, 6.07) is 14.8. The number of nitrogens with one attached hydrogen (secondary N) is 3. The number of nitrogens with zero attached hydrogens (tertiary/aromatic N) is 2. The lowest BCUT2D eigenvalue weighted by atomic mass is 9.99. The summed E-state index contributed by atoms with van der Waals surface area (Å²) in [5.74, 6) is -0.997. The first-order chi connectivity index (χ1) is 22.1. The van der Waals surface area contributed by atoms with Gasteiger partial charge in [0.05, 0.1) is 18.7 Å². The minimum atomic E-state index is -0.766. The second-order valence-electron chi connectivity index (χ2n) is 11.4. The average molecular weight is 642 g/mol. The Kier molecular flexibility index (Phi) is 11.9. The van der Waals surface area contributed by atoms with E-state index in [9.17, 15) is 19.5 Å². The number of unbranched alkanes of at least 4 members (excludes halogenated alkanes) is 1. The number of aromatic nitrogens is 2. The molecule has 0 atom stereocenters. The zero-order valence-electron chi connectivity index (χ0n) is 26.6. The van der Waals surface area contributed by atoms with Crippen LogP contribution in [0.5, 0.6) is 0 Å². The Labute approximate surface area is 272 Å². The molecule has 0 aliphatic carbocycles. The van der Waals surface area contributed by atoms with Gasteiger partial charge in [0.15, 0.2) is 0 Å². The highest BCUT2D eigenvalue weighted by atomic mass is 32.1. The van der Waals surface area contributed by atoms with Gasteiger partial charge in [-0.25, -0.2) is 4.98 Å². The monoisotopic (exact) mass is 641 g/mol. The van der Waals surface area contributed by atoms with Crippen LogP contribution >= 0.6 is 11.3 Å². The van der Waals surface area contributed by atoms with Crippen molar-refractivity contribution >= 4 is 47.0 Å². The van der Waals surface area contributed by atoms with Gasteiger partial charge in [0, 0.05) is 58.8 Å². The largest absolute Gasteiger partial charge is 0.390 e. The number of benzene rings is 2.